The van der Waals surface area contributed by atoms with Crippen molar-refractivity contribution in [2.75, 3.05) is 5.33 Å². The van der Waals surface area contributed by atoms with Gasteiger partial charge >= 0.3 is 0 Å². The van der Waals surface area contributed by atoms with E-state index in [9.17, 15) is 0 Å². The molecule has 0 saturated heterocycles. The lowest BCUT2D eigenvalue weighted by Crippen LogP contribution is -2.11. The molecule has 0 saturated carbocycles. The van der Waals surface area contributed by atoms with Gasteiger partial charge in [-0.1, -0.05) is 26.2 Å². The summed E-state index contributed by atoms with van der Waals surface area (Å²) >= 11 is 3.03. The van der Waals surface area contributed by atoms with Crippen LogP contribution in [-0.2, 0) is 0 Å². The minimum Gasteiger partial charge on any atom is -0.411 e. The van der Waals surface area contributed by atoms with Crippen LogP contribution in [0.4, 0.5) is 0 Å². The van der Waals surface area contributed by atoms with E-state index in [-0.39, 0.29) is 0 Å². The van der Waals surface area contributed by atoms with Crippen LogP contribution in [0.1, 0.15) is 6.92 Å². The molecule has 0 aromatic rings. The summed E-state index contributed by atoms with van der Waals surface area (Å²) in [4.78, 5) is 0. The van der Waals surface area contributed by atoms with Gasteiger partial charge in [0.1, 0.15) is 11.4 Å². The van der Waals surface area contributed by atoms with Crippen molar-refractivity contribution in [1.82, 2.24) is 0 Å². The van der Waals surface area contributed by atoms with Crippen molar-refractivity contribution in [3.8, 4) is 0 Å². The third-order valence-electron chi connectivity index (χ3n) is 0.815. The second-order valence-electron chi connectivity index (χ2n) is 1.37. The number of oxime groups is 2. The zero-order valence-corrected chi connectivity index (χ0v) is 6.46. The van der Waals surface area contributed by atoms with E-state index >= 15 is 0 Å². The number of alkyl halides is 1. The molecule has 0 bridgehead atoms. The summed E-state index contributed by atoms with van der Waals surface area (Å²) in [6, 6.07) is 0. The lowest BCUT2D eigenvalue weighted by molar-refractivity contribution is 0.314. The smallest absolute Gasteiger partial charge is 0.115 e. The summed E-state index contributed by atoms with van der Waals surface area (Å²) in [7, 11) is 0. The van der Waals surface area contributed by atoms with Gasteiger partial charge < -0.3 is 10.4 Å². The fourth-order valence-corrected chi connectivity index (χ4v) is 0.771. The van der Waals surface area contributed by atoms with Crippen LogP contribution in [0.15, 0.2) is 10.3 Å². The highest BCUT2D eigenvalue weighted by molar-refractivity contribution is 9.09. The molecule has 0 spiro atoms. The Morgan fingerprint density at radius 3 is 2.11 bits per heavy atom. The summed E-state index contributed by atoms with van der Waals surface area (Å²) in [6.07, 6.45) is 0. The topological polar surface area (TPSA) is 65.2 Å². The lowest BCUT2D eigenvalue weighted by atomic mass is 10.3. The number of nitrogens with zero attached hydrogens (tertiary/aromatic N) is 2. The molecule has 0 atom stereocenters. The summed E-state index contributed by atoms with van der Waals surface area (Å²) in [5, 5.41) is 22.4. The first-order chi connectivity index (χ1) is 4.26. The van der Waals surface area contributed by atoms with E-state index < -0.39 is 0 Å². The number of hydrogen-bond acceptors (Lipinski definition) is 4. The van der Waals surface area contributed by atoms with Gasteiger partial charge in [0.25, 0.3) is 0 Å². The van der Waals surface area contributed by atoms with Gasteiger partial charge in [-0.25, -0.2) is 0 Å². The minimum absolute atomic E-state index is 0.300. The van der Waals surface area contributed by atoms with E-state index in [1.165, 1.54) is 6.92 Å². The molecular formula is C4H7BrN2O2. The molecule has 0 aliphatic heterocycles. The van der Waals surface area contributed by atoms with Gasteiger partial charge in [0.2, 0.25) is 0 Å². The molecule has 0 unspecified atom stereocenters. The molecule has 0 aromatic heterocycles. The van der Waals surface area contributed by atoms with Crippen LogP contribution in [0.2, 0.25) is 0 Å². The van der Waals surface area contributed by atoms with Gasteiger partial charge in [-0.2, -0.15) is 0 Å². The second-order valence-corrected chi connectivity index (χ2v) is 1.93. The highest BCUT2D eigenvalue weighted by Crippen LogP contribution is 1.88. The standard InChI is InChI=1S/C4H7BrN2O2/c1-3(6-8)4(2-5)7-9/h8-9H,2H2,1H3/b6-3+,7-4+. The summed E-state index contributed by atoms with van der Waals surface area (Å²) in [5.74, 6) is 0. The molecule has 0 heterocycles. The minimum atomic E-state index is 0.300. The van der Waals surface area contributed by atoms with E-state index in [1.807, 2.05) is 0 Å². The van der Waals surface area contributed by atoms with Crippen molar-refractivity contribution in [1.29, 1.82) is 0 Å². The Morgan fingerprint density at radius 1 is 1.44 bits per heavy atom. The highest BCUT2D eigenvalue weighted by Gasteiger charge is 2.00. The maximum Gasteiger partial charge on any atom is 0.115 e. The number of halogens is 1. The largest absolute Gasteiger partial charge is 0.411 e. The van der Waals surface area contributed by atoms with Crippen molar-refractivity contribution >= 4 is 27.4 Å². The zero-order chi connectivity index (χ0) is 7.28. The number of rotatable bonds is 2. The van der Waals surface area contributed by atoms with Gasteiger partial charge in [0.05, 0.1) is 5.33 Å². The van der Waals surface area contributed by atoms with E-state index in [2.05, 4.69) is 26.2 Å². The Hall–Kier alpha value is -0.580. The molecule has 0 rings (SSSR count). The SMILES string of the molecule is CC(=N\O)/C(CBr)=N/O. The second kappa shape index (κ2) is 4.31. The van der Waals surface area contributed by atoms with Gasteiger partial charge in [0, 0.05) is 0 Å². The van der Waals surface area contributed by atoms with E-state index in [0.717, 1.165) is 0 Å². The molecule has 5 heteroatoms. The maximum absolute atomic E-state index is 8.19. The van der Waals surface area contributed by atoms with E-state index in [4.69, 9.17) is 10.4 Å². The Bertz CT molecular complexity index is 144. The van der Waals surface area contributed by atoms with Crippen LogP contribution in [-0.4, -0.2) is 27.2 Å². The molecule has 0 fully saturated rings. The molecular weight excluding hydrogens is 188 g/mol. The van der Waals surface area contributed by atoms with Gasteiger partial charge in [-0.15, -0.1) is 0 Å². The Balaban J connectivity index is 4.14. The van der Waals surface area contributed by atoms with E-state index in [0.29, 0.717) is 16.8 Å². The lowest BCUT2D eigenvalue weighted by Gasteiger charge is -1.93. The summed E-state index contributed by atoms with van der Waals surface area (Å²) in [5.41, 5.74) is 0.617. The Labute approximate surface area is 61.0 Å². The summed E-state index contributed by atoms with van der Waals surface area (Å²) in [6.45, 7) is 1.54. The predicted molar refractivity (Wildman–Crippen MR) is 37.9 cm³/mol. The maximum atomic E-state index is 8.19. The fraction of sp³-hybridized carbons (Fsp3) is 0.500. The van der Waals surface area contributed by atoms with Crippen molar-refractivity contribution in [2.45, 2.75) is 6.92 Å². The average Bonchev–Trinajstić information content (AvgIpc) is 1.90. The molecule has 0 aliphatic rings. The monoisotopic (exact) mass is 194 g/mol. The molecule has 0 radical (unpaired) electrons. The van der Waals surface area contributed by atoms with Gasteiger partial charge in [-0.05, 0) is 6.92 Å². The normalized spacial score (nSPS) is 14.0. The average molecular weight is 195 g/mol. The van der Waals surface area contributed by atoms with Crippen molar-refractivity contribution in [3.63, 3.8) is 0 Å². The molecule has 0 aliphatic carbocycles. The third-order valence-corrected chi connectivity index (χ3v) is 1.35. The quantitative estimate of drug-likeness (QED) is 0.299. The molecule has 2 N–H and O–H groups in total. The van der Waals surface area contributed by atoms with Gasteiger partial charge in [-0.3, -0.25) is 0 Å². The first kappa shape index (κ1) is 8.42. The Kier molecular flexibility index (Phi) is 4.04. The third kappa shape index (κ3) is 2.46. The molecule has 0 amide bonds. The van der Waals surface area contributed by atoms with Crippen LogP contribution in [0.3, 0.4) is 0 Å². The fourth-order valence-electron chi connectivity index (χ4n) is 0.253. The van der Waals surface area contributed by atoms with Crippen LogP contribution in [0.25, 0.3) is 0 Å². The summed E-state index contributed by atoms with van der Waals surface area (Å²) < 4.78 is 0. The van der Waals surface area contributed by atoms with Crippen LogP contribution in [0, 0.1) is 0 Å². The first-order valence-corrected chi connectivity index (χ1v) is 3.34. The molecule has 52 valence electrons. The first-order valence-electron chi connectivity index (χ1n) is 2.22. The van der Waals surface area contributed by atoms with Crippen molar-refractivity contribution in [2.24, 2.45) is 10.3 Å². The van der Waals surface area contributed by atoms with Crippen molar-refractivity contribution < 1.29 is 10.4 Å². The molecule has 0 aromatic carbocycles. The zero-order valence-electron chi connectivity index (χ0n) is 4.87. The number of hydrogen-bond donors (Lipinski definition) is 2. The van der Waals surface area contributed by atoms with Crippen LogP contribution >= 0.6 is 15.9 Å². The molecule has 9 heavy (non-hydrogen) atoms. The van der Waals surface area contributed by atoms with Crippen LogP contribution in [0.5, 0.6) is 0 Å². The highest BCUT2D eigenvalue weighted by atomic mass is 79.9. The van der Waals surface area contributed by atoms with Crippen LogP contribution < -0.4 is 0 Å². The molecule has 4 nitrogen and oxygen atoms in total. The van der Waals surface area contributed by atoms with E-state index in [1.54, 1.807) is 0 Å². The van der Waals surface area contributed by atoms with Crippen molar-refractivity contribution in [3.05, 3.63) is 0 Å². The predicted octanol–water partition coefficient (Wildman–Crippen LogP) is 1.06. The van der Waals surface area contributed by atoms with Gasteiger partial charge in [0.15, 0.2) is 0 Å². The Morgan fingerprint density at radius 2 is 2.00 bits per heavy atom.